The number of aliphatic hydroxyl groups is 1. The first-order valence-corrected chi connectivity index (χ1v) is 10.5. The Labute approximate surface area is 182 Å². The van der Waals surface area contributed by atoms with Gasteiger partial charge in [0, 0.05) is 12.1 Å². The third-order valence-electron chi connectivity index (χ3n) is 5.62. The van der Waals surface area contributed by atoms with E-state index in [-0.39, 0.29) is 12.2 Å². The number of fused-ring (bicyclic) bond motifs is 1. The second kappa shape index (κ2) is 9.11. The molecule has 1 aliphatic heterocycles. The fourth-order valence-electron chi connectivity index (χ4n) is 4.05. The van der Waals surface area contributed by atoms with Gasteiger partial charge in [0.25, 0.3) is 5.91 Å². The predicted octanol–water partition coefficient (Wildman–Crippen LogP) is 4.53. The molecule has 1 N–H and O–H groups in total. The molecule has 0 aromatic heterocycles. The monoisotopic (exact) mass is 411 g/mol. The number of amides is 1. The van der Waals surface area contributed by atoms with Gasteiger partial charge in [-0.25, -0.2) is 0 Å². The van der Waals surface area contributed by atoms with E-state index in [1.807, 2.05) is 60.7 Å². The quantitative estimate of drug-likeness (QED) is 0.554. The Bertz CT molecular complexity index is 1090. The zero-order valence-electron chi connectivity index (χ0n) is 17.3. The lowest BCUT2D eigenvalue weighted by atomic mass is 9.89. The SMILES string of the molecule is O=C(/C=C/c1ccccc1)C[C@@]1(O)C(=O)N(CCCc2ccccc2)c2ccccc21. The van der Waals surface area contributed by atoms with Crippen LogP contribution in [-0.4, -0.2) is 23.3 Å². The number of carbonyl (C=O) groups excluding carboxylic acids is 2. The van der Waals surface area contributed by atoms with Crippen LogP contribution in [0.4, 0.5) is 5.69 Å². The van der Waals surface area contributed by atoms with Crippen LogP contribution in [0.25, 0.3) is 6.08 Å². The van der Waals surface area contributed by atoms with E-state index in [2.05, 4.69) is 12.1 Å². The van der Waals surface area contributed by atoms with Crippen molar-refractivity contribution < 1.29 is 14.7 Å². The zero-order valence-corrected chi connectivity index (χ0v) is 17.3. The van der Waals surface area contributed by atoms with Crippen LogP contribution in [0.15, 0.2) is 91.0 Å². The molecule has 4 heteroatoms. The van der Waals surface area contributed by atoms with E-state index in [0.29, 0.717) is 17.8 Å². The van der Waals surface area contributed by atoms with Gasteiger partial charge in [-0.2, -0.15) is 0 Å². The molecule has 0 spiro atoms. The summed E-state index contributed by atoms with van der Waals surface area (Å²) >= 11 is 0. The third kappa shape index (κ3) is 4.49. The van der Waals surface area contributed by atoms with Gasteiger partial charge in [-0.3, -0.25) is 9.59 Å². The summed E-state index contributed by atoms with van der Waals surface area (Å²) in [6.45, 7) is 0.487. The van der Waals surface area contributed by atoms with Crippen molar-refractivity contribution in [2.24, 2.45) is 0 Å². The molecular formula is C27H25NO3. The van der Waals surface area contributed by atoms with Crippen molar-refractivity contribution in [1.82, 2.24) is 0 Å². The summed E-state index contributed by atoms with van der Waals surface area (Å²) in [7, 11) is 0. The number of benzene rings is 3. The lowest BCUT2D eigenvalue weighted by Gasteiger charge is -2.22. The maximum atomic E-state index is 13.2. The Morgan fingerprint density at radius 2 is 1.55 bits per heavy atom. The van der Waals surface area contributed by atoms with Crippen molar-refractivity contribution in [1.29, 1.82) is 0 Å². The van der Waals surface area contributed by atoms with Crippen molar-refractivity contribution in [3.05, 3.63) is 108 Å². The fraction of sp³-hybridized carbons (Fsp3) is 0.185. The highest BCUT2D eigenvalue weighted by Crippen LogP contribution is 2.42. The highest BCUT2D eigenvalue weighted by molar-refractivity contribution is 6.10. The number of allylic oxidation sites excluding steroid dienone is 1. The molecule has 0 unspecified atom stereocenters. The average Bonchev–Trinajstić information content (AvgIpc) is 3.01. The van der Waals surface area contributed by atoms with E-state index in [1.165, 1.54) is 11.6 Å². The molecule has 1 amide bonds. The first kappa shape index (κ1) is 20.8. The summed E-state index contributed by atoms with van der Waals surface area (Å²) in [4.78, 5) is 27.5. The normalized spacial score (nSPS) is 17.8. The number of anilines is 1. The smallest absolute Gasteiger partial charge is 0.264 e. The second-order valence-electron chi connectivity index (χ2n) is 7.81. The summed E-state index contributed by atoms with van der Waals surface area (Å²) in [5, 5.41) is 11.3. The zero-order chi connectivity index (χ0) is 21.7. The summed E-state index contributed by atoms with van der Waals surface area (Å²) in [5.41, 5.74) is 1.45. The topological polar surface area (TPSA) is 57.6 Å². The summed E-state index contributed by atoms with van der Waals surface area (Å²) in [6, 6.07) is 26.8. The van der Waals surface area contributed by atoms with Gasteiger partial charge in [0.05, 0.1) is 12.1 Å². The molecule has 3 aromatic rings. The highest BCUT2D eigenvalue weighted by Gasteiger charge is 2.50. The van der Waals surface area contributed by atoms with Gasteiger partial charge in [-0.15, -0.1) is 0 Å². The maximum absolute atomic E-state index is 13.2. The Morgan fingerprint density at radius 1 is 0.903 bits per heavy atom. The minimum Gasteiger partial charge on any atom is -0.375 e. The number of para-hydroxylation sites is 1. The molecule has 1 heterocycles. The van der Waals surface area contributed by atoms with Gasteiger partial charge in [0.15, 0.2) is 11.4 Å². The molecule has 0 saturated carbocycles. The lowest BCUT2D eigenvalue weighted by Crippen LogP contribution is -2.42. The molecule has 0 fully saturated rings. The number of carbonyl (C=O) groups is 2. The van der Waals surface area contributed by atoms with Crippen LogP contribution in [0, 0.1) is 0 Å². The van der Waals surface area contributed by atoms with Crippen LogP contribution < -0.4 is 4.90 Å². The largest absolute Gasteiger partial charge is 0.375 e. The molecule has 1 aliphatic rings. The Hall–Kier alpha value is -3.50. The lowest BCUT2D eigenvalue weighted by molar-refractivity contribution is -0.140. The highest BCUT2D eigenvalue weighted by atomic mass is 16.3. The van der Waals surface area contributed by atoms with E-state index >= 15 is 0 Å². The van der Waals surface area contributed by atoms with Crippen molar-refractivity contribution in [2.45, 2.75) is 24.9 Å². The van der Waals surface area contributed by atoms with Crippen LogP contribution in [0.2, 0.25) is 0 Å². The molecule has 31 heavy (non-hydrogen) atoms. The molecule has 0 saturated heterocycles. The maximum Gasteiger partial charge on any atom is 0.264 e. The van der Waals surface area contributed by atoms with E-state index in [1.54, 1.807) is 23.1 Å². The Kier molecular flexibility index (Phi) is 6.10. The van der Waals surface area contributed by atoms with Crippen molar-refractivity contribution in [3.63, 3.8) is 0 Å². The first-order chi connectivity index (χ1) is 15.1. The number of aryl methyl sites for hydroxylation is 1. The Morgan fingerprint density at radius 3 is 2.29 bits per heavy atom. The number of hydrogen-bond donors (Lipinski definition) is 1. The molecule has 156 valence electrons. The molecule has 0 radical (unpaired) electrons. The number of hydrogen-bond acceptors (Lipinski definition) is 3. The summed E-state index contributed by atoms with van der Waals surface area (Å²) in [6.07, 6.45) is 4.46. The van der Waals surface area contributed by atoms with E-state index in [0.717, 1.165) is 18.4 Å². The number of ketones is 1. The third-order valence-corrected chi connectivity index (χ3v) is 5.62. The first-order valence-electron chi connectivity index (χ1n) is 10.5. The number of nitrogens with zero attached hydrogens (tertiary/aromatic N) is 1. The molecule has 3 aromatic carbocycles. The molecule has 4 rings (SSSR count). The van der Waals surface area contributed by atoms with E-state index < -0.39 is 11.5 Å². The molecular weight excluding hydrogens is 386 g/mol. The standard InChI is InChI=1S/C27H25NO3/c29-23(18-17-22-12-5-2-6-13-22)20-27(31)24-15-7-8-16-25(24)28(26(27)30)19-9-14-21-10-3-1-4-11-21/h1-8,10-13,15-18,31H,9,14,19-20H2/b18-17+/t27-/m0/s1. The van der Waals surface area contributed by atoms with Gasteiger partial charge < -0.3 is 10.0 Å². The minimum atomic E-state index is -1.83. The van der Waals surface area contributed by atoms with Crippen molar-refractivity contribution in [2.75, 3.05) is 11.4 Å². The van der Waals surface area contributed by atoms with Gasteiger partial charge in [-0.1, -0.05) is 84.9 Å². The van der Waals surface area contributed by atoms with Crippen LogP contribution in [0.5, 0.6) is 0 Å². The summed E-state index contributed by atoms with van der Waals surface area (Å²) < 4.78 is 0. The van der Waals surface area contributed by atoms with Gasteiger partial charge in [-0.05, 0) is 36.1 Å². The average molecular weight is 412 g/mol. The Balaban J connectivity index is 1.49. The van der Waals surface area contributed by atoms with Crippen LogP contribution in [-0.2, 0) is 21.6 Å². The van der Waals surface area contributed by atoms with Gasteiger partial charge in [0.1, 0.15) is 0 Å². The van der Waals surface area contributed by atoms with Crippen LogP contribution in [0.1, 0.15) is 29.5 Å². The molecule has 0 bridgehead atoms. The van der Waals surface area contributed by atoms with Gasteiger partial charge in [0.2, 0.25) is 0 Å². The second-order valence-corrected chi connectivity index (χ2v) is 7.81. The van der Waals surface area contributed by atoms with Gasteiger partial charge >= 0.3 is 0 Å². The fourth-order valence-corrected chi connectivity index (χ4v) is 4.05. The summed E-state index contributed by atoms with van der Waals surface area (Å²) in [5.74, 6) is -0.719. The molecule has 0 aliphatic carbocycles. The minimum absolute atomic E-state index is 0.276. The molecule has 4 nitrogen and oxygen atoms in total. The number of rotatable bonds is 8. The van der Waals surface area contributed by atoms with Crippen molar-refractivity contribution in [3.8, 4) is 0 Å². The van der Waals surface area contributed by atoms with E-state index in [4.69, 9.17) is 0 Å². The van der Waals surface area contributed by atoms with Crippen LogP contribution in [0.3, 0.4) is 0 Å². The predicted molar refractivity (Wildman–Crippen MR) is 123 cm³/mol. The molecule has 1 atom stereocenters. The van der Waals surface area contributed by atoms with Crippen LogP contribution >= 0.6 is 0 Å². The van der Waals surface area contributed by atoms with Crippen molar-refractivity contribution >= 4 is 23.5 Å². The van der Waals surface area contributed by atoms with E-state index in [9.17, 15) is 14.7 Å².